The van der Waals surface area contributed by atoms with Crippen LogP contribution in [0, 0.1) is 0 Å². The molecule has 2 aromatic rings. The van der Waals surface area contributed by atoms with Crippen molar-refractivity contribution in [2.45, 2.75) is 52.9 Å². The van der Waals surface area contributed by atoms with E-state index in [1.165, 1.54) is 10.9 Å². The number of carbonyl (C=O) groups excluding carboxylic acids is 1. The Hall–Kier alpha value is -1.81. The van der Waals surface area contributed by atoms with E-state index < -0.39 is 0 Å². The first-order valence-corrected chi connectivity index (χ1v) is 7.47. The average molecular weight is 288 g/mol. The molecule has 2 rings (SSSR count). The zero-order valence-electron chi connectivity index (χ0n) is 13.2. The van der Waals surface area contributed by atoms with E-state index in [4.69, 9.17) is 4.74 Å². The van der Waals surface area contributed by atoms with Crippen LogP contribution >= 0.6 is 0 Å². The molecule has 0 aliphatic rings. The summed E-state index contributed by atoms with van der Waals surface area (Å²) < 4.78 is 7.20. The van der Waals surface area contributed by atoms with Crippen LogP contribution in [-0.2, 0) is 22.6 Å². The standard InChI is InChI=1S/C17H24N2O2/c1-12(2)18-9-14-10-19(11-17(20)21-13(3)4)16-8-6-5-7-15(14)16/h5-8,10,12-13,18H,9,11H2,1-4H3. The SMILES string of the molecule is CC(C)NCc1cn(CC(=O)OC(C)C)c2ccccc12. The van der Waals surface area contributed by atoms with Crippen molar-refractivity contribution in [2.24, 2.45) is 0 Å². The fraction of sp³-hybridized carbons (Fsp3) is 0.471. The third-order valence-electron chi connectivity index (χ3n) is 3.24. The summed E-state index contributed by atoms with van der Waals surface area (Å²) in [7, 11) is 0. The average Bonchev–Trinajstić information content (AvgIpc) is 2.74. The maximum atomic E-state index is 11.9. The molecule has 21 heavy (non-hydrogen) atoms. The third kappa shape index (κ3) is 4.08. The molecule has 0 unspecified atom stereocenters. The number of carbonyl (C=O) groups is 1. The molecule has 1 aromatic carbocycles. The molecule has 0 aliphatic heterocycles. The molecule has 0 saturated carbocycles. The normalized spacial score (nSPS) is 11.5. The number of rotatable bonds is 6. The van der Waals surface area contributed by atoms with Gasteiger partial charge in [0.25, 0.3) is 0 Å². The van der Waals surface area contributed by atoms with Crippen molar-refractivity contribution in [1.82, 2.24) is 9.88 Å². The number of hydrogen-bond donors (Lipinski definition) is 1. The van der Waals surface area contributed by atoms with Crippen molar-refractivity contribution in [3.05, 3.63) is 36.0 Å². The van der Waals surface area contributed by atoms with Crippen molar-refractivity contribution < 1.29 is 9.53 Å². The summed E-state index contributed by atoms with van der Waals surface area (Å²) in [4.78, 5) is 11.9. The third-order valence-corrected chi connectivity index (χ3v) is 3.24. The topological polar surface area (TPSA) is 43.3 Å². The van der Waals surface area contributed by atoms with E-state index in [1.807, 2.05) is 42.8 Å². The Morgan fingerprint density at radius 3 is 2.62 bits per heavy atom. The van der Waals surface area contributed by atoms with Crippen molar-refractivity contribution in [2.75, 3.05) is 0 Å². The minimum Gasteiger partial charge on any atom is -0.462 e. The molecule has 1 aromatic heterocycles. The summed E-state index contributed by atoms with van der Waals surface area (Å²) in [5.74, 6) is -0.200. The largest absolute Gasteiger partial charge is 0.462 e. The van der Waals surface area contributed by atoms with E-state index in [1.54, 1.807) is 0 Å². The molecule has 1 N–H and O–H groups in total. The van der Waals surface area contributed by atoms with Crippen LogP contribution in [0.3, 0.4) is 0 Å². The molecule has 1 heterocycles. The number of aromatic nitrogens is 1. The lowest BCUT2D eigenvalue weighted by molar-refractivity contribution is -0.148. The maximum absolute atomic E-state index is 11.9. The van der Waals surface area contributed by atoms with Crippen molar-refractivity contribution >= 4 is 16.9 Å². The maximum Gasteiger partial charge on any atom is 0.326 e. The van der Waals surface area contributed by atoms with Gasteiger partial charge in [-0.25, -0.2) is 0 Å². The Bertz CT molecular complexity index is 614. The highest BCUT2D eigenvalue weighted by atomic mass is 16.5. The highest BCUT2D eigenvalue weighted by molar-refractivity contribution is 5.85. The number of fused-ring (bicyclic) bond motifs is 1. The summed E-state index contributed by atoms with van der Waals surface area (Å²) in [6, 6.07) is 8.58. The van der Waals surface area contributed by atoms with E-state index in [0.717, 1.165) is 12.1 Å². The van der Waals surface area contributed by atoms with E-state index >= 15 is 0 Å². The molecule has 0 amide bonds. The number of para-hydroxylation sites is 1. The second-order valence-electron chi connectivity index (χ2n) is 5.87. The van der Waals surface area contributed by atoms with Crippen molar-refractivity contribution in [1.29, 1.82) is 0 Å². The Morgan fingerprint density at radius 2 is 1.95 bits per heavy atom. The van der Waals surface area contributed by atoms with Gasteiger partial charge in [0.15, 0.2) is 0 Å². The van der Waals surface area contributed by atoms with Gasteiger partial charge >= 0.3 is 5.97 Å². The summed E-state index contributed by atoms with van der Waals surface area (Å²) in [6.07, 6.45) is 1.96. The number of nitrogens with one attached hydrogen (secondary N) is 1. The predicted molar refractivity (Wildman–Crippen MR) is 85.1 cm³/mol. The van der Waals surface area contributed by atoms with Crippen LogP contribution in [0.15, 0.2) is 30.5 Å². The summed E-state index contributed by atoms with van der Waals surface area (Å²) in [5, 5.41) is 4.61. The summed E-state index contributed by atoms with van der Waals surface area (Å²) >= 11 is 0. The molecule has 0 atom stereocenters. The summed E-state index contributed by atoms with van der Waals surface area (Å²) in [6.45, 7) is 9.02. The van der Waals surface area contributed by atoms with Crippen LogP contribution in [0.1, 0.15) is 33.3 Å². The zero-order chi connectivity index (χ0) is 15.4. The molecule has 4 nitrogen and oxygen atoms in total. The second-order valence-corrected chi connectivity index (χ2v) is 5.87. The Kier molecular flexibility index (Phi) is 5.02. The molecule has 0 spiro atoms. The van der Waals surface area contributed by atoms with Gasteiger partial charge in [-0.15, -0.1) is 0 Å². The van der Waals surface area contributed by atoms with Gasteiger partial charge in [0.05, 0.1) is 6.10 Å². The van der Waals surface area contributed by atoms with Crippen LogP contribution < -0.4 is 5.32 Å². The molecule has 0 aliphatic carbocycles. The van der Waals surface area contributed by atoms with Crippen LogP contribution in [0.25, 0.3) is 10.9 Å². The molecule has 0 bridgehead atoms. The fourth-order valence-corrected chi connectivity index (χ4v) is 2.35. The molecule has 0 saturated heterocycles. The van der Waals surface area contributed by atoms with Gasteiger partial charge in [0, 0.05) is 29.7 Å². The van der Waals surface area contributed by atoms with E-state index in [-0.39, 0.29) is 18.6 Å². The van der Waals surface area contributed by atoms with Gasteiger partial charge in [-0.2, -0.15) is 0 Å². The fourth-order valence-electron chi connectivity index (χ4n) is 2.35. The van der Waals surface area contributed by atoms with Crippen molar-refractivity contribution in [3.63, 3.8) is 0 Å². The van der Waals surface area contributed by atoms with Crippen molar-refractivity contribution in [3.8, 4) is 0 Å². The van der Waals surface area contributed by atoms with Crippen LogP contribution in [0.5, 0.6) is 0 Å². The lowest BCUT2D eigenvalue weighted by atomic mass is 10.2. The Labute approximate surface area is 126 Å². The van der Waals surface area contributed by atoms with Crippen LogP contribution in [-0.4, -0.2) is 22.7 Å². The minimum atomic E-state index is -0.200. The van der Waals surface area contributed by atoms with Gasteiger partial charge in [-0.1, -0.05) is 32.0 Å². The van der Waals surface area contributed by atoms with Crippen LogP contribution in [0.4, 0.5) is 0 Å². The smallest absolute Gasteiger partial charge is 0.326 e. The first-order valence-electron chi connectivity index (χ1n) is 7.47. The van der Waals surface area contributed by atoms with Gasteiger partial charge in [-0.3, -0.25) is 4.79 Å². The number of esters is 1. The lowest BCUT2D eigenvalue weighted by Gasteiger charge is -2.09. The molecule has 4 heteroatoms. The highest BCUT2D eigenvalue weighted by Crippen LogP contribution is 2.21. The quantitative estimate of drug-likeness (QED) is 0.831. The molecular formula is C17H24N2O2. The number of benzene rings is 1. The molecule has 0 fully saturated rings. The van der Waals surface area contributed by atoms with Gasteiger partial charge < -0.3 is 14.6 Å². The monoisotopic (exact) mass is 288 g/mol. The van der Waals surface area contributed by atoms with E-state index in [9.17, 15) is 4.79 Å². The van der Waals surface area contributed by atoms with E-state index in [2.05, 4.69) is 25.2 Å². The lowest BCUT2D eigenvalue weighted by Crippen LogP contribution is -2.21. The van der Waals surface area contributed by atoms with Gasteiger partial charge in [0.1, 0.15) is 6.54 Å². The second kappa shape index (κ2) is 6.76. The Balaban J connectivity index is 2.25. The van der Waals surface area contributed by atoms with Crippen LogP contribution in [0.2, 0.25) is 0 Å². The first-order chi connectivity index (χ1) is 9.97. The summed E-state index contributed by atoms with van der Waals surface area (Å²) in [5.41, 5.74) is 2.27. The minimum absolute atomic E-state index is 0.0820. The molecular weight excluding hydrogens is 264 g/mol. The van der Waals surface area contributed by atoms with Gasteiger partial charge in [-0.05, 0) is 25.5 Å². The number of nitrogens with zero attached hydrogens (tertiary/aromatic N) is 1. The van der Waals surface area contributed by atoms with E-state index in [0.29, 0.717) is 6.04 Å². The zero-order valence-corrected chi connectivity index (χ0v) is 13.2. The molecule has 114 valence electrons. The Morgan fingerprint density at radius 1 is 1.24 bits per heavy atom. The predicted octanol–water partition coefficient (Wildman–Crippen LogP) is 3.09. The molecule has 0 radical (unpaired) electrons. The van der Waals surface area contributed by atoms with Gasteiger partial charge in [0.2, 0.25) is 0 Å². The highest BCUT2D eigenvalue weighted by Gasteiger charge is 2.12. The number of ether oxygens (including phenoxy) is 1. The number of hydrogen-bond acceptors (Lipinski definition) is 3. The first kappa shape index (κ1) is 15.6.